The van der Waals surface area contributed by atoms with Gasteiger partial charge in [-0.15, -0.1) is 17.8 Å². The van der Waals surface area contributed by atoms with Crippen LogP contribution in [0.2, 0.25) is 0 Å². The summed E-state index contributed by atoms with van der Waals surface area (Å²) in [5.41, 5.74) is 7.68. The summed E-state index contributed by atoms with van der Waals surface area (Å²) in [5, 5.41) is 9.34. The minimum atomic E-state index is -0.985. The average molecular weight is 355 g/mol. The Morgan fingerprint density at radius 2 is 1.77 bits per heavy atom. The van der Waals surface area contributed by atoms with Crippen LogP contribution in [0.3, 0.4) is 0 Å². The van der Waals surface area contributed by atoms with Gasteiger partial charge < -0.3 is 5.11 Å². The highest BCUT2D eigenvalue weighted by atomic mass is 32.1. The van der Waals surface area contributed by atoms with Gasteiger partial charge >= 0.3 is 5.97 Å². The number of hydrogen-bond donors (Lipinski definition) is 1. The molecule has 0 saturated heterocycles. The van der Waals surface area contributed by atoms with E-state index < -0.39 is 5.97 Å². The van der Waals surface area contributed by atoms with Gasteiger partial charge in [-0.1, -0.05) is 36.3 Å². The number of carboxylic acids is 1. The molecule has 2 aliphatic carbocycles. The third-order valence-electron chi connectivity index (χ3n) is 4.18. The fourth-order valence-corrected chi connectivity index (χ4v) is 3.56. The number of thiazole rings is 1. The molecule has 0 atom stereocenters. The molecular formula is C22H13NO2S. The molecule has 1 N–H and O–H groups in total. The van der Waals surface area contributed by atoms with Gasteiger partial charge in [0.1, 0.15) is 0 Å². The van der Waals surface area contributed by atoms with E-state index in [0.717, 1.165) is 15.8 Å². The van der Waals surface area contributed by atoms with Gasteiger partial charge in [0.25, 0.3) is 0 Å². The van der Waals surface area contributed by atoms with Crippen LogP contribution in [-0.4, -0.2) is 16.1 Å². The first kappa shape index (κ1) is 16.1. The molecule has 26 heavy (non-hydrogen) atoms. The molecule has 0 amide bonds. The zero-order chi connectivity index (χ0) is 18.1. The van der Waals surface area contributed by atoms with Crippen molar-refractivity contribution in [1.82, 2.24) is 4.98 Å². The van der Waals surface area contributed by atoms with Crippen molar-refractivity contribution in [2.45, 2.75) is 0 Å². The molecule has 0 saturated carbocycles. The number of aromatic carboxylic acids is 1. The molecule has 0 unspecified atom stereocenters. The van der Waals surface area contributed by atoms with Gasteiger partial charge in [0.2, 0.25) is 0 Å². The first-order chi connectivity index (χ1) is 12.7. The molecule has 124 valence electrons. The molecule has 0 radical (unpaired) electrons. The molecule has 4 heteroatoms. The summed E-state index contributed by atoms with van der Waals surface area (Å²) in [5.74, 6) is 1.57. The SMILES string of the molecule is C#Cc1cccc(C(=O)O)c1-c1ccc2ncsc2c1.c1cc2cc-2c1. The van der Waals surface area contributed by atoms with Crippen molar-refractivity contribution < 1.29 is 9.90 Å². The maximum atomic E-state index is 11.4. The minimum Gasteiger partial charge on any atom is -0.478 e. The highest BCUT2D eigenvalue weighted by Gasteiger charge is 2.15. The van der Waals surface area contributed by atoms with E-state index in [1.807, 2.05) is 18.2 Å². The second kappa shape index (κ2) is 6.47. The molecule has 1 aromatic heterocycles. The molecule has 3 nitrogen and oxygen atoms in total. The van der Waals surface area contributed by atoms with Crippen LogP contribution < -0.4 is 0 Å². The van der Waals surface area contributed by atoms with E-state index in [1.165, 1.54) is 22.5 Å². The highest BCUT2D eigenvalue weighted by Crippen LogP contribution is 2.33. The van der Waals surface area contributed by atoms with Gasteiger partial charge in [-0.05, 0) is 47.0 Å². The normalized spacial score (nSPS) is 10.6. The Labute approximate surface area is 154 Å². The summed E-state index contributed by atoms with van der Waals surface area (Å²) in [7, 11) is 0. The summed E-state index contributed by atoms with van der Waals surface area (Å²) in [6.45, 7) is 0. The summed E-state index contributed by atoms with van der Waals surface area (Å²) in [6, 6.07) is 19.1. The van der Waals surface area contributed by atoms with E-state index in [4.69, 9.17) is 6.42 Å². The number of terminal acetylenes is 1. The van der Waals surface area contributed by atoms with Crippen LogP contribution in [0.15, 0.2) is 66.2 Å². The highest BCUT2D eigenvalue weighted by molar-refractivity contribution is 7.16. The molecule has 0 spiro atoms. The smallest absolute Gasteiger partial charge is 0.336 e. The summed E-state index contributed by atoms with van der Waals surface area (Å²) < 4.78 is 1.01. The molecule has 2 aromatic carbocycles. The standard InChI is InChI=1S/C16H9NO2S.C6H4/c1-2-10-4-3-5-12(16(18)19)15(10)11-6-7-13-14(8-11)20-9-17-13;1-2-5-4-6(5)3-1/h1,3-9H,(H,18,19);1-4H. The summed E-state index contributed by atoms with van der Waals surface area (Å²) in [4.78, 5) is 15.6. The Bertz CT molecular complexity index is 1170. The van der Waals surface area contributed by atoms with Crippen molar-refractivity contribution in [2.24, 2.45) is 0 Å². The molecule has 0 fully saturated rings. The minimum absolute atomic E-state index is 0.212. The average Bonchev–Trinajstić information content (AvgIpc) is 3.06. The monoisotopic (exact) mass is 355 g/mol. The Balaban J connectivity index is 0.000000233. The van der Waals surface area contributed by atoms with Gasteiger partial charge in [-0.3, -0.25) is 0 Å². The van der Waals surface area contributed by atoms with Crippen LogP contribution in [-0.2, 0) is 0 Å². The van der Waals surface area contributed by atoms with E-state index in [0.29, 0.717) is 11.1 Å². The molecule has 5 rings (SSSR count). The van der Waals surface area contributed by atoms with E-state index in [9.17, 15) is 9.90 Å². The van der Waals surface area contributed by atoms with Crippen LogP contribution in [0.5, 0.6) is 0 Å². The molecule has 0 bridgehead atoms. The largest absolute Gasteiger partial charge is 0.478 e. The first-order valence-corrected chi connectivity index (χ1v) is 8.82. The molecule has 0 aliphatic heterocycles. The lowest BCUT2D eigenvalue weighted by Gasteiger charge is -2.09. The second-order valence-electron chi connectivity index (χ2n) is 5.79. The van der Waals surface area contributed by atoms with E-state index in [2.05, 4.69) is 35.2 Å². The number of nitrogens with zero attached hydrogens (tertiary/aromatic N) is 1. The van der Waals surface area contributed by atoms with E-state index in [1.54, 1.807) is 23.7 Å². The third-order valence-corrected chi connectivity index (χ3v) is 4.97. The summed E-state index contributed by atoms with van der Waals surface area (Å²) in [6.07, 6.45) is 5.50. The molecular weight excluding hydrogens is 342 g/mol. The van der Waals surface area contributed by atoms with Gasteiger partial charge in [0.05, 0.1) is 21.3 Å². The van der Waals surface area contributed by atoms with Crippen molar-refractivity contribution in [1.29, 1.82) is 0 Å². The fraction of sp³-hybridized carbons (Fsp3) is 0. The van der Waals surface area contributed by atoms with Crippen molar-refractivity contribution in [2.75, 3.05) is 0 Å². The number of rotatable bonds is 2. The number of aromatic nitrogens is 1. The van der Waals surface area contributed by atoms with Gasteiger partial charge in [-0.2, -0.15) is 0 Å². The van der Waals surface area contributed by atoms with Crippen molar-refractivity contribution in [3.8, 4) is 34.6 Å². The maximum absolute atomic E-state index is 11.4. The van der Waals surface area contributed by atoms with Crippen LogP contribution in [0.1, 0.15) is 15.9 Å². The Hall–Kier alpha value is -3.42. The number of hydrogen-bond acceptors (Lipinski definition) is 3. The quantitative estimate of drug-likeness (QED) is 0.437. The van der Waals surface area contributed by atoms with Gasteiger partial charge in [0, 0.05) is 11.1 Å². The van der Waals surface area contributed by atoms with Crippen LogP contribution in [0.25, 0.3) is 32.5 Å². The van der Waals surface area contributed by atoms with Gasteiger partial charge in [-0.25, -0.2) is 9.78 Å². The lowest BCUT2D eigenvalue weighted by Crippen LogP contribution is -2.01. The molecule has 3 aromatic rings. The topological polar surface area (TPSA) is 50.2 Å². The van der Waals surface area contributed by atoms with Crippen molar-refractivity contribution >= 4 is 27.5 Å². The number of fused-ring (bicyclic) bond motifs is 2. The lowest BCUT2D eigenvalue weighted by molar-refractivity contribution is 0.0697. The zero-order valence-electron chi connectivity index (χ0n) is 13.6. The Kier molecular flexibility index (Phi) is 4.00. The maximum Gasteiger partial charge on any atom is 0.336 e. The Morgan fingerprint density at radius 1 is 1.00 bits per heavy atom. The van der Waals surface area contributed by atoms with Crippen LogP contribution in [0, 0.1) is 12.3 Å². The number of carbonyl (C=O) groups is 1. The number of carboxylic acid groups (broad SMARTS) is 1. The molecule has 2 aliphatic rings. The predicted octanol–water partition coefficient (Wildman–Crippen LogP) is 5.31. The van der Waals surface area contributed by atoms with E-state index in [-0.39, 0.29) is 5.56 Å². The lowest BCUT2D eigenvalue weighted by atomic mass is 9.94. The predicted molar refractivity (Wildman–Crippen MR) is 105 cm³/mol. The summed E-state index contributed by atoms with van der Waals surface area (Å²) >= 11 is 1.51. The Morgan fingerprint density at radius 3 is 2.38 bits per heavy atom. The zero-order valence-corrected chi connectivity index (χ0v) is 14.5. The second-order valence-corrected chi connectivity index (χ2v) is 6.68. The van der Waals surface area contributed by atoms with E-state index >= 15 is 0 Å². The van der Waals surface area contributed by atoms with Crippen LogP contribution >= 0.6 is 11.3 Å². The van der Waals surface area contributed by atoms with Crippen molar-refractivity contribution in [3.05, 3.63) is 77.3 Å². The van der Waals surface area contributed by atoms with Crippen molar-refractivity contribution in [3.63, 3.8) is 0 Å². The fourth-order valence-electron chi connectivity index (χ4n) is 2.85. The number of benzene rings is 3. The van der Waals surface area contributed by atoms with Crippen LogP contribution in [0.4, 0.5) is 0 Å². The third kappa shape index (κ3) is 2.97. The first-order valence-electron chi connectivity index (χ1n) is 7.94. The van der Waals surface area contributed by atoms with Gasteiger partial charge in [0.15, 0.2) is 0 Å². The molecule has 1 heterocycles.